The highest BCUT2D eigenvalue weighted by atomic mass is 127. The predicted octanol–water partition coefficient (Wildman–Crippen LogP) is 6.48. The fraction of sp³-hybridized carbons (Fsp3) is 0.154. The number of benzene rings is 3. The van der Waals surface area contributed by atoms with Crippen LogP contribution in [0, 0.1) is 18.5 Å². The number of hydrogen-bond acceptors (Lipinski definition) is 5. The van der Waals surface area contributed by atoms with Gasteiger partial charge in [0.1, 0.15) is 35.5 Å². The van der Waals surface area contributed by atoms with E-state index < -0.39 is 5.91 Å². The third-order valence-corrected chi connectivity index (χ3v) is 7.06. The Morgan fingerprint density at radius 2 is 1.74 bits per heavy atom. The summed E-state index contributed by atoms with van der Waals surface area (Å²) in [7, 11) is 3.12. The summed E-state index contributed by atoms with van der Waals surface area (Å²) in [6.45, 7) is 0.651. The molecule has 3 aromatic rings. The molecule has 0 bridgehead atoms. The summed E-state index contributed by atoms with van der Waals surface area (Å²) in [6.07, 6.45) is 1.57. The molecule has 0 aliphatic rings. The molecule has 0 heterocycles. The number of carbonyl (C=O) groups is 1. The van der Waals surface area contributed by atoms with Crippen LogP contribution in [0.25, 0.3) is 6.08 Å². The molecule has 0 fully saturated rings. The molecule has 3 rings (SSSR count). The molecule has 1 N–H and O–H groups in total. The first kappa shape index (κ1) is 27.3. The lowest BCUT2D eigenvalue weighted by atomic mass is 10.1. The Hall–Kier alpha value is -2.30. The van der Waals surface area contributed by atoms with E-state index in [1.165, 1.54) is 0 Å². The van der Waals surface area contributed by atoms with Crippen LogP contribution in [-0.4, -0.2) is 20.1 Å². The number of hydrogen-bond donors (Lipinski definition) is 1. The van der Waals surface area contributed by atoms with Gasteiger partial charge in [-0.25, -0.2) is 0 Å². The van der Waals surface area contributed by atoms with Crippen LogP contribution in [0.15, 0.2) is 64.6 Å². The van der Waals surface area contributed by atoms with Gasteiger partial charge in [-0.1, -0.05) is 28.1 Å². The van der Waals surface area contributed by atoms with Gasteiger partial charge >= 0.3 is 0 Å². The Balaban J connectivity index is 1.71. The lowest BCUT2D eigenvalue weighted by Gasteiger charge is -2.12. The third-order valence-electron chi connectivity index (χ3n) is 4.93. The normalized spacial score (nSPS) is 10.9. The Bertz CT molecular complexity index is 1260. The maximum absolute atomic E-state index is 12.7. The van der Waals surface area contributed by atoms with Crippen LogP contribution in [0.5, 0.6) is 17.2 Å². The number of ether oxygens (including phenoxy) is 3. The summed E-state index contributed by atoms with van der Waals surface area (Å²) in [5, 5.41) is 12.4. The van der Waals surface area contributed by atoms with E-state index in [1.54, 1.807) is 32.4 Å². The molecule has 6 nitrogen and oxygen atoms in total. The molecule has 0 saturated heterocycles. The first-order valence-corrected chi connectivity index (χ1v) is 13.3. The molecule has 0 spiro atoms. The molecule has 0 atom stereocenters. The molecule has 180 valence electrons. The van der Waals surface area contributed by atoms with Crippen LogP contribution >= 0.6 is 61.1 Å². The monoisotopic (exact) mass is 758 g/mol. The van der Waals surface area contributed by atoms with Crippen molar-refractivity contribution < 1.29 is 19.0 Å². The molecular formula is C26H21BrI2N2O4. The number of nitriles is 1. The summed E-state index contributed by atoms with van der Waals surface area (Å²) in [5.74, 6) is 1.55. The van der Waals surface area contributed by atoms with Crippen molar-refractivity contribution in [1.29, 1.82) is 5.26 Å². The van der Waals surface area contributed by atoms with Gasteiger partial charge in [0.25, 0.3) is 5.91 Å². The van der Waals surface area contributed by atoms with Gasteiger partial charge in [-0.15, -0.1) is 0 Å². The summed E-state index contributed by atoms with van der Waals surface area (Å²) in [5.41, 5.74) is 2.58. The highest BCUT2D eigenvalue weighted by Crippen LogP contribution is 2.31. The molecule has 0 aliphatic carbocycles. The fourth-order valence-corrected chi connectivity index (χ4v) is 5.51. The minimum absolute atomic E-state index is 0.00705. The minimum Gasteiger partial charge on any atom is -0.497 e. The van der Waals surface area contributed by atoms with Crippen LogP contribution in [0.2, 0.25) is 0 Å². The zero-order valence-electron chi connectivity index (χ0n) is 18.9. The van der Waals surface area contributed by atoms with E-state index in [4.69, 9.17) is 14.2 Å². The van der Waals surface area contributed by atoms with Crippen molar-refractivity contribution in [1.82, 2.24) is 5.32 Å². The molecule has 0 unspecified atom stereocenters. The fourth-order valence-electron chi connectivity index (χ4n) is 3.12. The van der Waals surface area contributed by atoms with E-state index >= 15 is 0 Å². The summed E-state index contributed by atoms with van der Waals surface area (Å²) in [6, 6.07) is 19.1. The molecule has 3 aromatic carbocycles. The summed E-state index contributed by atoms with van der Waals surface area (Å²) < 4.78 is 19.4. The van der Waals surface area contributed by atoms with E-state index in [0.717, 1.165) is 34.1 Å². The topological polar surface area (TPSA) is 80.6 Å². The maximum atomic E-state index is 12.7. The van der Waals surface area contributed by atoms with Crippen LogP contribution in [0.3, 0.4) is 0 Å². The van der Waals surface area contributed by atoms with Gasteiger partial charge in [0.15, 0.2) is 0 Å². The van der Waals surface area contributed by atoms with Crippen molar-refractivity contribution >= 4 is 73.1 Å². The van der Waals surface area contributed by atoms with Gasteiger partial charge < -0.3 is 19.5 Å². The van der Waals surface area contributed by atoms with E-state index in [2.05, 4.69) is 66.4 Å². The number of halogens is 3. The number of rotatable bonds is 9. The predicted molar refractivity (Wildman–Crippen MR) is 155 cm³/mol. The number of amides is 1. The zero-order chi connectivity index (χ0) is 25.4. The Morgan fingerprint density at radius 1 is 1.06 bits per heavy atom. The van der Waals surface area contributed by atoms with Crippen LogP contribution in [0.4, 0.5) is 0 Å². The van der Waals surface area contributed by atoms with Crippen LogP contribution in [0.1, 0.15) is 16.7 Å². The molecule has 9 heteroatoms. The van der Waals surface area contributed by atoms with E-state index in [9.17, 15) is 10.1 Å². The number of nitrogens with one attached hydrogen (secondary N) is 1. The lowest BCUT2D eigenvalue weighted by molar-refractivity contribution is -0.117. The van der Waals surface area contributed by atoms with E-state index in [-0.39, 0.29) is 12.1 Å². The molecule has 0 aliphatic heterocycles. The largest absolute Gasteiger partial charge is 0.497 e. The average Bonchev–Trinajstić information content (AvgIpc) is 2.86. The van der Waals surface area contributed by atoms with Gasteiger partial charge in [-0.05, 0) is 98.8 Å². The van der Waals surface area contributed by atoms with Gasteiger partial charge in [0, 0.05) is 22.6 Å². The van der Waals surface area contributed by atoms with Gasteiger partial charge in [0.2, 0.25) is 0 Å². The second kappa shape index (κ2) is 13.1. The number of carbonyl (C=O) groups excluding carboxylic acids is 1. The van der Waals surface area contributed by atoms with Crippen LogP contribution < -0.4 is 19.5 Å². The summed E-state index contributed by atoms with van der Waals surface area (Å²) in [4.78, 5) is 12.7. The molecular weight excluding hydrogens is 738 g/mol. The van der Waals surface area contributed by atoms with E-state index in [1.807, 2.05) is 48.5 Å². The second-order valence-corrected chi connectivity index (χ2v) is 10.5. The van der Waals surface area contributed by atoms with Crippen molar-refractivity contribution in [2.75, 3.05) is 14.2 Å². The van der Waals surface area contributed by atoms with Crippen molar-refractivity contribution in [2.24, 2.45) is 0 Å². The van der Waals surface area contributed by atoms with Crippen molar-refractivity contribution in [3.05, 3.63) is 88.5 Å². The zero-order valence-corrected chi connectivity index (χ0v) is 24.8. The Morgan fingerprint density at radius 3 is 2.34 bits per heavy atom. The molecule has 1 amide bonds. The highest BCUT2D eigenvalue weighted by Gasteiger charge is 2.14. The number of nitrogens with zero attached hydrogens (tertiary/aromatic N) is 1. The van der Waals surface area contributed by atoms with Gasteiger partial charge in [-0.3, -0.25) is 4.79 Å². The molecule has 35 heavy (non-hydrogen) atoms. The molecule has 0 saturated carbocycles. The minimum atomic E-state index is -0.467. The quantitative estimate of drug-likeness (QED) is 0.154. The van der Waals surface area contributed by atoms with E-state index in [0.29, 0.717) is 18.1 Å². The SMILES string of the molecule is COc1ccc(CNC(=O)/C(C#N)=C/c2cc(I)c(OCc3ccc(Br)cc3)c(I)c2)c(OC)c1. The van der Waals surface area contributed by atoms with Crippen molar-refractivity contribution in [3.8, 4) is 23.3 Å². The smallest absolute Gasteiger partial charge is 0.262 e. The molecule has 0 radical (unpaired) electrons. The second-order valence-electron chi connectivity index (χ2n) is 7.26. The van der Waals surface area contributed by atoms with Crippen molar-refractivity contribution in [2.45, 2.75) is 13.2 Å². The first-order chi connectivity index (χ1) is 16.8. The number of methoxy groups -OCH3 is 2. The first-order valence-electron chi connectivity index (χ1n) is 10.3. The van der Waals surface area contributed by atoms with Gasteiger partial charge in [0.05, 0.1) is 21.4 Å². The maximum Gasteiger partial charge on any atom is 0.262 e. The molecule has 0 aromatic heterocycles. The van der Waals surface area contributed by atoms with Crippen molar-refractivity contribution in [3.63, 3.8) is 0 Å². The standard InChI is InChI=1S/C26H21BrI2N2O4/c1-33-21-8-5-18(24(12-21)34-2)14-31-26(32)19(13-30)9-17-10-22(28)25(23(29)11-17)35-15-16-3-6-20(27)7-4-16/h3-12H,14-15H2,1-2H3,(H,31,32)/b19-9+. The Kier molecular flexibility index (Phi) is 10.2. The third kappa shape index (κ3) is 7.59. The lowest BCUT2D eigenvalue weighted by Crippen LogP contribution is -2.24. The summed E-state index contributed by atoms with van der Waals surface area (Å²) >= 11 is 7.83. The van der Waals surface area contributed by atoms with Gasteiger partial charge in [-0.2, -0.15) is 5.26 Å². The Labute approximate surface area is 240 Å². The van der Waals surface area contributed by atoms with Crippen LogP contribution in [-0.2, 0) is 17.9 Å². The highest BCUT2D eigenvalue weighted by molar-refractivity contribution is 14.1. The average molecular weight is 759 g/mol.